The second-order valence-corrected chi connectivity index (χ2v) is 8.22. The summed E-state index contributed by atoms with van der Waals surface area (Å²) < 4.78 is 0. The first kappa shape index (κ1) is 18.7. The summed E-state index contributed by atoms with van der Waals surface area (Å²) in [6, 6.07) is 13.1. The molecule has 1 aromatic heterocycles. The minimum atomic E-state index is -0.561. The number of carbonyl (C=O) groups excluding carboxylic acids is 2. The first-order valence-electron chi connectivity index (χ1n) is 8.71. The van der Waals surface area contributed by atoms with Crippen LogP contribution in [0.15, 0.2) is 47.6 Å². The third kappa shape index (κ3) is 3.55. The third-order valence-corrected chi connectivity index (χ3v) is 5.98. The van der Waals surface area contributed by atoms with Crippen molar-refractivity contribution in [1.29, 1.82) is 0 Å². The Hall–Kier alpha value is -2.64. The summed E-state index contributed by atoms with van der Waals surface area (Å²) in [5, 5.41) is 7.48. The molecule has 0 saturated carbocycles. The minimum absolute atomic E-state index is 0.101. The number of carbonyl (C=O) groups is 2. The molecule has 1 saturated heterocycles. The first-order valence-corrected chi connectivity index (χ1v) is 9.97. The van der Waals surface area contributed by atoms with E-state index in [1.807, 2.05) is 38.1 Å². The fraction of sp³-hybridized carbons (Fsp3) is 0.200. The number of hydrogen-bond acceptors (Lipinski definition) is 5. The molecule has 1 N–H and O–H groups in total. The van der Waals surface area contributed by atoms with Crippen molar-refractivity contribution >= 4 is 40.9 Å². The fourth-order valence-electron chi connectivity index (χ4n) is 3.04. The van der Waals surface area contributed by atoms with Crippen LogP contribution in [-0.2, 0) is 9.59 Å². The van der Waals surface area contributed by atoms with Gasteiger partial charge in [-0.3, -0.25) is 14.7 Å². The van der Waals surface area contributed by atoms with Gasteiger partial charge in [-0.15, -0.1) is 5.10 Å². The van der Waals surface area contributed by atoms with Crippen molar-refractivity contribution in [2.45, 2.75) is 30.7 Å². The van der Waals surface area contributed by atoms with Crippen LogP contribution < -0.4 is 4.90 Å². The van der Waals surface area contributed by atoms with Gasteiger partial charge in [0.05, 0.1) is 5.69 Å². The van der Waals surface area contributed by atoms with E-state index in [4.69, 9.17) is 11.6 Å². The Bertz CT molecular complexity index is 1080. The molecular weight excluding hydrogens is 396 g/mol. The molecule has 2 aromatic carbocycles. The van der Waals surface area contributed by atoms with Crippen LogP contribution in [0.2, 0.25) is 5.02 Å². The number of halogens is 1. The summed E-state index contributed by atoms with van der Waals surface area (Å²) in [7, 11) is 0. The SMILES string of the molecule is Cc1cccc(-c2nc(SC3CC(=O)N(c4ccc(C)c(Cl)c4)C3=O)n[nH]2)c1. The lowest BCUT2D eigenvalue weighted by atomic mass is 10.1. The fourth-order valence-corrected chi connectivity index (χ4v) is 4.14. The Balaban J connectivity index is 1.52. The molecule has 1 fully saturated rings. The maximum atomic E-state index is 12.8. The van der Waals surface area contributed by atoms with Crippen LogP contribution in [-0.4, -0.2) is 32.2 Å². The normalized spacial score (nSPS) is 16.8. The van der Waals surface area contributed by atoms with E-state index >= 15 is 0 Å². The molecule has 4 rings (SSSR count). The Kier molecular flexibility index (Phi) is 4.95. The van der Waals surface area contributed by atoms with Gasteiger partial charge in [-0.05, 0) is 37.6 Å². The predicted molar refractivity (Wildman–Crippen MR) is 109 cm³/mol. The summed E-state index contributed by atoms with van der Waals surface area (Å²) in [6.45, 7) is 3.87. The number of imide groups is 1. The van der Waals surface area contributed by atoms with Crippen LogP contribution in [0.25, 0.3) is 11.4 Å². The van der Waals surface area contributed by atoms with Gasteiger partial charge in [0, 0.05) is 17.0 Å². The summed E-state index contributed by atoms with van der Waals surface area (Å²) in [5.74, 6) is 0.0961. The highest BCUT2D eigenvalue weighted by atomic mass is 35.5. The number of hydrogen-bond donors (Lipinski definition) is 1. The monoisotopic (exact) mass is 412 g/mol. The molecule has 28 heavy (non-hydrogen) atoms. The van der Waals surface area contributed by atoms with Gasteiger partial charge in [-0.2, -0.15) is 0 Å². The molecule has 0 radical (unpaired) electrons. The smallest absolute Gasteiger partial charge is 0.247 e. The van der Waals surface area contributed by atoms with E-state index in [0.29, 0.717) is 21.7 Å². The van der Waals surface area contributed by atoms with Gasteiger partial charge in [0.25, 0.3) is 0 Å². The molecule has 1 aliphatic heterocycles. The summed E-state index contributed by atoms with van der Waals surface area (Å²) in [5.41, 5.74) is 3.42. The lowest BCUT2D eigenvalue weighted by molar-refractivity contribution is -0.121. The summed E-state index contributed by atoms with van der Waals surface area (Å²) in [6.07, 6.45) is 0.101. The van der Waals surface area contributed by atoms with Gasteiger partial charge >= 0.3 is 0 Å². The maximum Gasteiger partial charge on any atom is 0.247 e. The molecule has 0 spiro atoms. The lowest BCUT2D eigenvalue weighted by Gasteiger charge is -2.15. The van der Waals surface area contributed by atoms with E-state index in [1.54, 1.807) is 18.2 Å². The lowest BCUT2D eigenvalue weighted by Crippen LogP contribution is -2.31. The molecule has 8 heteroatoms. The second kappa shape index (κ2) is 7.41. The van der Waals surface area contributed by atoms with Crippen LogP contribution in [0.5, 0.6) is 0 Å². The number of nitrogens with zero attached hydrogens (tertiary/aromatic N) is 3. The van der Waals surface area contributed by atoms with Gasteiger partial charge in [0.15, 0.2) is 5.82 Å². The van der Waals surface area contributed by atoms with Gasteiger partial charge in [-0.25, -0.2) is 9.88 Å². The number of aryl methyl sites for hydroxylation is 2. The maximum absolute atomic E-state index is 12.8. The van der Waals surface area contributed by atoms with Crippen LogP contribution in [0.4, 0.5) is 5.69 Å². The van der Waals surface area contributed by atoms with Crippen molar-refractivity contribution in [2.24, 2.45) is 0 Å². The van der Waals surface area contributed by atoms with Gasteiger partial charge in [-0.1, -0.05) is 53.2 Å². The van der Waals surface area contributed by atoms with Crippen molar-refractivity contribution in [1.82, 2.24) is 15.2 Å². The van der Waals surface area contributed by atoms with Gasteiger partial charge in [0.1, 0.15) is 5.25 Å². The summed E-state index contributed by atoms with van der Waals surface area (Å²) >= 11 is 7.34. The largest absolute Gasteiger partial charge is 0.274 e. The Morgan fingerprint density at radius 2 is 2.00 bits per heavy atom. The quantitative estimate of drug-likeness (QED) is 0.650. The molecule has 1 unspecified atom stereocenters. The zero-order valence-corrected chi connectivity index (χ0v) is 16.8. The van der Waals surface area contributed by atoms with Crippen molar-refractivity contribution < 1.29 is 9.59 Å². The van der Waals surface area contributed by atoms with Crippen molar-refractivity contribution in [3.63, 3.8) is 0 Å². The van der Waals surface area contributed by atoms with E-state index < -0.39 is 5.25 Å². The van der Waals surface area contributed by atoms with Crippen molar-refractivity contribution in [2.75, 3.05) is 4.90 Å². The Morgan fingerprint density at radius 1 is 1.18 bits per heavy atom. The highest BCUT2D eigenvalue weighted by Gasteiger charge is 2.41. The Labute approximate surface area is 171 Å². The molecule has 2 amide bonds. The predicted octanol–water partition coefficient (Wildman–Crippen LogP) is 4.17. The molecule has 0 bridgehead atoms. The molecular formula is C20H17ClN4O2S. The van der Waals surface area contributed by atoms with Crippen LogP contribution >= 0.6 is 23.4 Å². The second-order valence-electron chi connectivity index (χ2n) is 6.65. The van der Waals surface area contributed by atoms with Gasteiger partial charge < -0.3 is 0 Å². The molecule has 2 heterocycles. The van der Waals surface area contributed by atoms with Gasteiger partial charge in [0.2, 0.25) is 17.0 Å². The number of H-pyrrole nitrogens is 1. The number of amides is 2. The number of benzene rings is 2. The topological polar surface area (TPSA) is 79.0 Å². The first-order chi connectivity index (χ1) is 13.4. The van der Waals surface area contributed by atoms with E-state index in [1.165, 1.54) is 16.7 Å². The van der Waals surface area contributed by atoms with E-state index in [-0.39, 0.29) is 18.2 Å². The standard InChI is InChI=1S/C20H17ClN4O2S/c1-11-4-3-5-13(8-11)18-22-20(24-23-18)28-16-10-17(26)25(19(16)27)14-7-6-12(2)15(21)9-14/h3-9,16H,10H2,1-2H3,(H,22,23,24). The average Bonchev–Trinajstić information content (AvgIpc) is 3.23. The number of anilines is 1. The number of aromatic nitrogens is 3. The molecule has 1 aliphatic rings. The van der Waals surface area contributed by atoms with E-state index in [9.17, 15) is 9.59 Å². The zero-order chi connectivity index (χ0) is 19.8. The summed E-state index contributed by atoms with van der Waals surface area (Å²) in [4.78, 5) is 30.9. The number of thioether (sulfide) groups is 1. The Morgan fingerprint density at radius 3 is 2.75 bits per heavy atom. The zero-order valence-electron chi connectivity index (χ0n) is 15.3. The minimum Gasteiger partial charge on any atom is -0.274 e. The van der Waals surface area contributed by atoms with Crippen molar-refractivity contribution in [3.8, 4) is 11.4 Å². The third-order valence-electron chi connectivity index (χ3n) is 4.52. The van der Waals surface area contributed by atoms with E-state index in [2.05, 4.69) is 15.2 Å². The molecule has 1 atom stereocenters. The van der Waals surface area contributed by atoms with Crippen LogP contribution in [0, 0.1) is 13.8 Å². The van der Waals surface area contributed by atoms with Crippen molar-refractivity contribution in [3.05, 3.63) is 58.6 Å². The highest BCUT2D eigenvalue weighted by Crippen LogP contribution is 2.34. The molecule has 142 valence electrons. The number of rotatable bonds is 4. The molecule has 3 aromatic rings. The number of aromatic amines is 1. The number of nitrogens with one attached hydrogen (secondary N) is 1. The van der Waals surface area contributed by atoms with E-state index in [0.717, 1.165) is 16.7 Å². The van der Waals surface area contributed by atoms with Crippen LogP contribution in [0.3, 0.4) is 0 Å². The molecule has 6 nitrogen and oxygen atoms in total. The highest BCUT2D eigenvalue weighted by molar-refractivity contribution is 8.00. The molecule has 0 aliphatic carbocycles. The average molecular weight is 413 g/mol. The van der Waals surface area contributed by atoms with Crippen LogP contribution in [0.1, 0.15) is 17.5 Å².